The van der Waals surface area contributed by atoms with Gasteiger partial charge in [-0.15, -0.1) is 11.8 Å². The molecule has 0 radical (unpaired) electrons. The highest BCUT2D eigenvalue weighted by molar-refractivity contribution is 8.01. The highest BCUT2D eigenvalue weighted by Crippen LogP contribution is 2.33. The number of benzene rings is 2. The summed E-state index contributed by atoms with van der Waals surface area (Å²) in [6, 6.07) is 12.9. The molecule has 148 valence electrons. The number of ether oxygens (including phenoxy) is 1. The van der Waals surface area contributed by atoms with Gasteiger partial charge in [0.2, 0.25) is 0 Å². The molecular formula is C23H34O2SSi. The average Bonchev–Trinajstić information content (AvgIpc) is 2.64. The standard InChI is InChI=1S/C23H34O2SSi/c1-6-11-18-15-20(16-19(12-7-2)23(18)24)26-17-27(4,5)22-14-10-9-13-21(22)25-8-3/h9-10,13-16,24H,6-8,11-12,17H2,1-5H3. The van der Waals surface area contributed by atoms with Crippen LogP contribution in [0, 0.1) is 0 Å². The highest BCUT2D eigenvalue weighted by atomic mass is 32.2. The second-order valence-electron chi connectivity index (χ2n) is 7.69. The Hall–Kier alpha value is -1.39. The van der Waals surface area contributed by atoms with Crippen LogP contribution in [-0.4, -0.2) is 25.2 Å². The van der Waals surface area contributed by atoms with E-state index in [4.69, 9.17) is 4.74 Å². The lowest BCUT2D eigenvalue weighted by Crippen LogP contribution is -2.45. The molecule has 2 aromatic carbocycles. The van der Waals surface area contributed by atoms with Gasteiger partial charge in [-0.2, -0.15) is 0 Å². The van der Waals surface area contributed by atoms with Crippen LogP contribution in [0.1, 0.15) is 44.7 Å². The minimum absolute atomic E-state index is 0.515. The number of phenolic OH excluding ortho intramolecular Hbond substituents is 1. The summed E-state index contributed by atoms with van der Waals surface area (Å²) in [4.78, 5) is 1.29. The minimum atomic E-state index is -1.65. The number of hydrogen-bond donors (Lipinski definition) is 1. The van der Waals surface area contributed by atoms with E-state index in [2.05, 4.69) is 63.3 Å². The number of aryl methyl sites for hydroxylation is 2. The van der Waals surface area contributed by atoms with E-state index in [0.29, 0.717) is 12.4 Å². The molecule has 0 fully saturated rings. The largest absolute Gasteiger partial charge is 0.507 e. The molecule has 1 N–H and O–H groups in total. The van der Waals surface area contributed by atoms with Gasteiger partial charge in [-0.3, -0.25) is 0 Å². The first-order valence-electron chi connectivity index (χ1n) is 10.1. The molecule has 0 bridgehead atoms. The maximum atomic E-state index is 10.6. The summed E-state index contributed by atoms with van der Waals surface area (Å²) in [7, 11) is -1.65. The van der Waals surface area contributed by atoms with Gasteiger partial charge in [0.25, 0.3) is 0 Å². The van der Waals surface area contributed by atoms with Crippen LogP contribution in [0.4, 0.5) is 0 Å². The predicted molar refractivity (Wildman–Crippen MR) is 122 cm³/mol. The zero-order valence-electron chi connectivity index (χ0n) is 17.5. The minimum Gasteiger partial charge on any atom is -0.507 e. The maximum Gasteiger partial charge on any atom is 0.122 e. The first-order valence-corrected chi connectivity index (χ1v) is 14.3. The van der Waals surface area contributed by atoms with Gasteiger partial charge in [-0.25, -0.2) is 0 Å². The molecule has 0 saturated heterocycles. The number of hydrogen-bond acceptors (Lipinski definition) is 3. The highest BCUT2D eigenvalue weighted by Gasteiger charge is 2.27. The van der Waals surface area contributed by atoms with E-state index in [1.54, 1.807) is 0 Å². The number of thioether (sulfide) groups is 1. The van der Waals surface area contributed by atoms with Crippen molar-refractivity contribution in [1.29, 1.82) is 0 Å². The quantitative estimate of drug-likeness (QED) is 0.394. The van der Waals surface area contributed by atoms with Crippen molar-refractivity contribution < 1.29 is 9.84 Å². The van der Waals surface area contributed by atoms with Crippen LogP contribution in [0.3, 0.4) is 0 Å². The van der Waals surface area contributed by atoms with Crippen LogP contribution in [-0.2, 0) is 12.8 Å². The molecule has 2 aromatic rings. The van der Waals surface area contributed by atoms with Crippen molar-refractivity contribution >= 4 is 25.0 Å². The van der Waals surface area contributed by atoms with Gasteiger partial charge in [0.1, 0.15) is 11.5 Å². The molecule has 0 aliphatic heterocycles. The Bertz CT molecular complexity index is 716. The van der Waals surface area contributed by atoms with Gasteiger partial charge in [0.15, 0.2) is 0 Å². The van der Waals surface area contributed by atoms with Crippen LogP contribution < -0.4 is 9.92 Å². The van der Waals surface area contributed by atoms with E-state index in [9.17, 15) is 5.11 Å². The van der Waals surface area contributed by atoms with Crippen molar-refractivity contribution in [2.45, 2.75) is 64.4 Å². The number of phenols is 1. The normalized spacial score (nSPS) is 11.6. The zero-order chi connectivity index (χ0) is 19.9. The van der Waals surface area contributed by atoms with Crippen molar-refractivity contribution in [3.05, 3.63) is 47.5 Å². The molecule has 0 amide bonds. The second-order valence-corrected chi connectivity index (χ2v) is 13.9. The van der Waals surface area contributed by atoms with Gasteiger partial charge >= 0.3 is 0 Å². The summed E-state index contributed by atoms with van der Waals surface area (Å²) in [5.41, 5.74) is 2.19. The van der Waals surface area contributed by atoms with E-state index in [1.807, 2.05) is 18.7 Å². The third-order valence-corrected chi connectivity index (χ3v) is 10.7. The molecule has 0 aromatic heterocycles. The van der Waals surface area contributed by atoms with E-state index in [-0.39, 0.29) is 0 Å². The van der Waals surface area contributed by atoms with E-state index >= 15 is 0 Å². The van der Waals surface area contributed by atoms with Crippen LogP contribution in [0.5, 0.6) is 11.5 Å². The van der Waals surface area contributed by atoms with E-state index < -0.39 is 8.07 Å². The van der Waals surface area contributed by atoms with Crippen molar-refractivity contribution in [2.75, 3.05) is 12.0 Å². The van der Waals surface area contributed by atoms with Crippen molar-refractivity contribution in [2.24, 2.45) is 0 Å². The van der Waals surface area contributed by atoms with E-state index in [1.165, 1.54) is 10.1 Å². The van der Waals surface area contributed by atoms with Gasteiger partial charge in [-0.1, -0.05) is 58.0 Å². The third-order valence-electron chi connectivity index (χ3n) is 4.80. The average molecular weight is 403 g/mol. The lowest BCUT2D eigenvalue weighted by molar-refractivity contribution is 0.343. The second kappa shape index (κ2) is 10.2. The molecule has 0 aliphatic rings. The fourth-order valence-electron chi connectivity index (χ4n) is 3.38. The molecule has 27 heavy (non-hydrogen) atoms. The van der Waals surface area contributed by atoms with Gasteiger partial charge in [0, 0.05) is 4.90 Å². The first kappa shape index (κ1) is 21.9. The smallest absolute Gasteiger partial charge is 0.122 e. The van der Waals surface area contributed by atoms with Crippen molar-refractivity contribution in [3.63, 3.8) is 0 Å². The lowest BCUT2D eigenvalue weighted by atomic mass is 10.0. The summed E-state index contributed by atoms with van der Waals surface area (Å²) in [6.45, 7) is 11.9. The Morgan fingerprint density at radius 3 is 2.11 bits per heavy atom. The molecule has 0 aliphatic carbocycles. The molecule has 2 nitrogen and oxygen atoms in total. The monoisotopic (exact) mass is 402 g/mol. The van der Waals surface area contributed by atoms with E-state index in [0.717, 1.165) is 47.9 Å². The Kier molecular flexibility index (Phi) is 8.30. The molecule has 0 spiro atoms. The van der Waals surface area contributed by atoms with Gasteiger partial charge < -0.3 is 9.84 Å². The summed E-state index contributed by atoms with van der Waals surface area (Å²) in [6.07, 6.45) is 3.97. The summed E-state index contributed by atoms with van der Waals surface area (Å²) in [5, 5.41) is 13.0. The third kappa shape index (κ3) is 5.79. The van der Waals surface area contributed by atoms with Crippen LogP contribution >= 0.6 is 11.8 Å². The van der Waals surface area contributed by atoms with Crippen LogP contribution in [0.15, 0.2) is 41.3 Å². The Labute approximate surface area is 170 Å². The molecular weight excluding hydrogens is 368 g/mol. The predicted octanol–water partition coefficient (Wildman–Crippen LogP) is 5.94. The number of rotatable bonds is 10. The fourth-order valence-corrected chi connectivity index (χ4v) is 7.93. The maximum absolute atomic E-state index is 10.6. The fraction of sp³-hybridized carbons (Fsp3) is 0.478. The lowest BCUT2D eigenvalue weighted by Gasteiger charge is -2.25. The molecule has 0 saturated carbocycles. The Balaban J connectivity index is 2.24. The first-order chi connectivity index (χ1) is 12.9. The summed E-state index contributed by atoms with van der Waals surface area (Å²) in [5.74, 6) is 1.56. The summed E-state index contributed by atoms with van der Waals surface area (Å²) < 4.78 is 5.89. The number of aromatic hydroxyl groups is 1. The van der Waals surface area contributed by atoms with Crippen LogP contribution in [0.25, 0.3) is 0 Å². The SMILES string of the molecule is CCCc1cc(SC[Si](C)(C)c2ccccc2OCC)cc(CCC)c1O. The molecule has 0 atom stereocenters. The molecule has 0 unspecified atom stereocenters. The van der Waals surface area contributed by atoms with Gasteiger partial charge in [0.05, 0.1) is 14.7 Å². The van der Waals surface area contributed by atoms with Crippen molar-refractivity contribution in [1.82, 2.24) is 0 Å². The molecule has 0 heterocycles. The van der Waals surface area contributed by atoms with Crippen molar-refractivity contribution in [3.8, 4) is 11.5 Å². The molecule has 2 rings (SSSR count). The summed E-state index contributed by atoms with van der Waals surface area (Å²) >= 11 is 1.93. The topological polar surface area (TPSA) is 29.5 Å². The Morgan fingerprint density at radius 2 is 1.56 bits per heavy atom. The molecule has 4 heteroatoms. The zero-order valence-corrected chi connectivity index (χ0v) is 19.3. The number of para-hydroxylation sites is 1. The Morgan fingerprint density at radius 1 is 0.963 bits per heavy atom. The van der Waals surface area contributed by atoms with Gasteiger partial charge in [-0.05, 0) is 59.7 Å². The van der Waals surface area contributed by atoms with Crippen LogP contribution in [0.2, 0.25) is 13.1 Å².